The average Bonchev–Trinajstić information content (AvgIpc) is 2.34. The van der Waals surface area contributed by atoms with Crippen LogP contribution in [-0.2, 0) is 4.79 Å². The normalized spacial score (nSPS) is 12.3. The molecule has 6 nitrogen and oxygen atoms in total. The van der Waals surface area contributed by atoms with Gasteiger partial charge in [0, 0.05) is 7.05 Å². The van der Waals surface area contributed by atoms with Crippen LogP contribution in [0, 0.1) is 5.92 Å². The summed E-state index contributed by atoms with van der Waals surface area (Å²) in [5.74, 6) is 0.371. The first kappa shape index (κ1) is 14.2. The summed E-state index contributed by atoms with van der Waals surface area (Å²) in [5.41, 5.74) is 0. The topological polar surface area (TPSA) is 75.5 Å². The zero-order valence-corrected chi connectivity index (χ0v) is 11.1. The molecule has 0 aliphatic heterocycles. The lowest BCUT2D eigenvalue weighted by Crippen LogP contribution is -2.36. The van der Waals surface area contributed by atoms with Crippen molar-refractivity contribution in [3.8, 4) is 5.88 Å². The second-order valence-corrected chi connectivity index (χ2v) is 4.55. The summed E-state index contributed by atoms with van der Waals surface area (Å²) in [7, 11) is 1.66. The van der Waals surface area contributed by atoms with Gasteiger partial charge in [0.25, 0.3) is 0 Å². The fraction of sp³-hybridized carbons (Fsp3) is 0.583. The maximum absolute atomic E-state index is 10.9. The van der Waals surface area contributed by atoms with Gasteiger partial charge in [0.1, 0.15) is 6.04 Å². The van der Waals surface area contributed by atoms with Crippen LogP contribution in [0.5, 0.6) is 5.88 Å². The fourth-order valence-electron chi connectivity index (χ4n) is 1.19. The number of hydrogen-bond acceptors (Lipinski definition) is 5. The van der Waals surface area contributed by atoms with Crippen LogP contribution in [0.3, 0.4) is 0 Å². The van der Waals surface area contributed by atoms with Crippen molar-refractivity contribution in [1.82, 2.24) is 9.97 Å². The Kier molecular flexibility index (Phi) is 4.88. The minimum atomic E-state index is -0.909. The Labute approximate surface area is 107 Å². The monoisotopic (exact) mass is 253 g/mol. The second kappa shape index (κ2) is 6.18. The first-order chi connectivity index (χ1) is 8.41. The number of aliphatic carboxylic acids is 1. The van der Waals surface area contributed by atoms with E-state index in [9.17, 15) is 4.79 Å². The van der Waals surface area contributed by atoms with Crippen molar-refractivity contribution in [3.05, 3.63) is 12.4 Å². The van der Waals surface area contributed by atoms with Gasteiger partial charge in [0.05, 0.1) is 19.0 Å². The third-order valence-corrected chi connectivity index (χ3v) is 2.46. The van der Waals surface area contributed by atoms with Gasteiger partial charge in [-0.2, -0.15) is 4.98 Å². The number of carboxylic acid groups (broad SMARTS) is 1. The quantitative estimate of drug-likeness (QED) is 0.826. The van der Waals surface area contributed by atoms with E-state index in [1.165, 1.54) is 17.3 Å². The predicted octanol–water partition coefficient (Wildman–Crippen LogP) is 1.42. The number of anilines is 1. The van der Waals surface area contributed by atoms with E-state index >= 15 is 0 Å². The largest absolute Gasteiger partial charge is 0.480 e. The molecule has 18 heavy (non-hydrogen) atoms. The Morgan fingerprint density at radius 2 is 2.11 bits per heavy atom. The van der Waals surface area contributed by atoms with Crippen LogP contribution in [0.15, 0.2) is 12.4 Å². The second-order valence-electron chi connectivity index (χ2n) is 4.55. The SMILES string of the molecule is CC(C)COc1cncc(N(C)C(C)C(=O)O)n1. The van der Waals surface area contributed by atoms with Crippen LogP contribution in [0.1, 0.15) is 20.8 Å². The minimum absolute atomic E-state index is 0.395. The van der Waals surface area contributed by atoms with E-state index in [0.717, 1.165) is 0 Å². The molecular weight excluding hydrogens is 234 g/mol. The third kappa shape index (κ3) is 3.87. The molecule has 1 aromatic heterocycles. The highest BCUT2D eigenvalue weighted by Crippen LogP contribution is 2.15. The zero-order valence-electron chi connectivity index (χ0n) is 11.1. The van der Waals surface area contributed by atoms with E-state index in [2.05, 4.69) is 9.97 Å². The van der Waals surface area contributed by atoms with Crippen LogP contribution in [-0.4, -0.2) is 40.7 Å². The number of aromatic nitrogens is 2. The van der Waals surface area contributed by atoms with Gasteiger partial charge in [0.2, 0.25) is 5.88 Å². The van der Waals surface area contributed by atoms with Gasteiger partial charge in [0.15, 0.2) is 5.82 Å². The van der Waals surface area contributed by atoms with Crippen LogP contribution in [0.2, 0.25) is 0 Å². The highest BCUT2D eigenvalue weighted by molar-refractivity contribution is 5.76. The summed E-state index contributed by atoms with van der Waals surface area (Å²) in [6.45, 7) is 6.22. The summed E-state index contributed by atoms with van der Waals surface area (Å²) in [4.78, 5) is 20.7. The smallest absolute Gasteiger partial charge is 0.326 e. The summed E-state index contributed by atoms with van der Waals surface area (Å²) < 4.78 is 5.45. The number of ether oxygens (including phenoxy) is 1. The Morgan fingerprint density at radius 3 is 2.67 bits per heavy atom. The van der Waals surface area contributed by atoms with Crippen LogP contribution in [0.25, 0.3) is 0 Å². The molecule has 1 aromatic rings. The summed E-state index contributed by atoms with van der Waals surface area (Å²) in [5, 5.41) is 8.94. The lowest BCUT2D eigenvalue weighted by molar-refractivity contribution is -0.138. The van der Waals surface area contributed by atoms with E-state index in [1.54, 1.807) is 14.0 Å². The molecule has 1 rings (SSSR count). The molecule has 0 aromatic carbocycles. The Bertz CT molecular complexity index is 409. The molecule has 0 radical (unpaired) electrons. The summed E-state index contributed by atoms with van der Waals surface area (Å²) in [6, 6.07) is -0.667. The molecule has 0 aliphatic rings. The lowest BCUT2D eigenvalue weighted by Gasteiger charge is -2.22. The number of carbonyl (C=O) groups is 1. The molecule has 0 saturated carbocycles. The first-order valence-electron chi connectivity index (χ1n) is 5.82. The van der Waals surface area contributed by atoms with Crippen LogP contribution >= 0.6 is 0 Å². The predicted molar refractivity (Wildman–Crippen MR) is 67.9 cm³/mol. The van der Waals surface area contributed by atoms with Gasteiger partial charge >= 0.3 is 5.97 Å². The maximum atomic E-state index is 10.9. The molecule has 100 valence electrons. The van der Waals surface area contributed by atoms with Gasteiger partial charge in [-0.15, -0.1) is 0 Å². The van der Waals surface area contributed by atoms with Gasteiger partial charge in [-0.3, -0.25) is 4.98 Å². The highest BCUT2D eigenvalue weighted by atomic mass is 16.5. The fourth-order valence-corrected chi connectivity index (χ4v) is 1.19. The van der Waals surface area contributed by atoms with Crippen LogP contribution < -0.4 is 9.64 Å². The van der Waals surface area contributed by atoms with Crippen molar-refractivity contribution in [1.29, 1.82) is 0 Å². The Morgan fingerprint density at radius 1 is 1.44 bits per heavy atom. The van der Waals surface area contributed by atoms with Crippen molar-refractivity contribution in [2.24, 2.45) is 5.92 Å². The number of rotatable bonds is 6. The van der Waals surface area contributed by atoms with Crippen molar-refractivity contribution in [3.63, 3.8) is 0 Å². The summed E-state index contributed by atoms with van der Waals surface area (Å²) in [6.07, 6.45) is 3.03. The molecule has 1 unspecified atom stereocenters. The molecule has 1 atom stereocenters. The zero-order chi connectivity index (χ0) is 13.7. The average molecular weight is 253 g/mol. The lowest BCUT2D eigenvalue weighted by atomic mass is 10.2. The van der Waals surface area contributed by atoms with Crippen molar-refractivity contribution in [2.75, 3.05) is 18.6 Å². The first-order valence-corrected chi connectivity index (χ1v) is 5.82. The van der Waals surface area contributed by atoms with Crippen molar-refractivity contribution >= 4 is 11.8 Å². The number of carboxylic acids is 1. The molecular formula is C12H19N3O3. The number of hydrogen-bond donors (Lipinski definition) is 1. The van der Waals surface area contributed by atoms with E-state index in [-0.39, 0.29) is 0 Å². The van der Waals surface area contributed by atoms with Gasteiger partial charge in [-0.25, -0.2) is 4.79 Å². The van der Waals surface area contributed by atoms with Gasteiger partial charge in [-0.1, -0.05) is 13.8 Å². The van der Waals surface area contributed by atoms with Crippen molar-refractivity contribution < 1.29 is 14.6 Å². The minimum Gasteiger partial charge on any atom is -0.480 e. The Balaban J connectivity index is 2.78. The van der Waals surface area contributed by atoms with Gasteiger partial charge in [-0.05, 0) is 12.8 Å². The maximum Gasteiger partial charge on any atom is 0.326 e. The molecule has 0 bridgehead atoms. The van der Waals surface area contributed by atoms with E-state index < -0.39 is 12.0 Å². The Hall–Kier alpha value is -1.85. The van der Waals surface area contributed by atoms with E-state index in [1.807, 2.05) is 13.8 Å². The van der Waals surface area contributed by atoms with Gasteiger partial charge < -0.3 is 14.7 Å². The van der Waals surface area contributed by atoms with E-state index in [4.69, 9.17) is 9.84 Å². The molecule has 0 aliphatic carbocycles. The molecule has 0 spiro atoms. The molecule has 1 N–H and O–H groups in total. The number of likely N-dealkylation sites (N-methyl/N-ethyl adjacent to an activating group) is 1. The molecule has 0 saturated heterocycles. The summed E-state index contributed by atoms with van der Waals surface area (Å²) >= 11 is 0. The van der Waals surface area contributed by atoms with Crippen LogP contribution in [0.4, 0.5) is 5.82 Å². The molecule has 6 heteroatoms. The molecule has 0 amide bonds. The molecule has 0 fully saturated rings. The standard InChI is InChI=1S/C12H19N3O3/c1-8(2)7-18-11-6-13-5-10(14-11)15(4)9(3)12(16)17/h5-6,8-9H,7H2,1-4H3,(H,16,17). The molecule has 1 heterocycles. The highest BCUT2D eigenvalue weighted by Gasteiger charge is 2.18. The number of nitrogens with zero attached hydrogens (tertiary/aromatic N) is 3. The third-order valence-electron chi connectivity index (χ3n) is 2.46. The van der Waals surface area contributed by atoms with Crippen molar-refractivity contribution in [2.45, 2.75) is 26.8 Å². The van der Waals surface area contributed by atoms with E-state index in [0.29, 0.717) is 24.2 Å².